The molecular weight excluding hydrogens is 356 g/mol. The van der Waals surface area contributed by atoms with Gasteiger partial charge in [0.05, 0.1) is 19.8 Å². The van der Waals surface area contributed by atoms with E-state index in [-0.39, 0.29) is 31.2 Å². The number of nitrogens with one attached hydrogen (secondary N) is 1. The third-order valence-corrected chi connectivity index (χ3v) is 4.49. The molecule has 6 heteroatoms. The summed E-state index contributed by atoms with van der Waals surface area (Å²) in [6, 6.07) is 14.5. The molecule has 1 heterocycles. The number of fused-ring (bicyclic) bond motifs is 1. The number of carbonyl (C=O) groups is 1. The average Bonchev–Trinajstić information content (AvgIpc) is 2.68. The van der Waals surface area contributed by atoms with Crippen molar-refractivity contribution in [1.29, 1.82) is 0 Å². The molecule has 1 amide bonds. The lowest BCUT2D eigenvalue weighted by molar-refractivity contribution is 0.0707. The fraction of sp³-hybridized carbons (Fsp3) is 0.273. The number of carbonyl (C=O) groups excluding carboxylic acids is 1. The average molecular weight is 380 g/mol. The first kappa shape index (κ1) is 19.6. The number of hydrogen-bond acceptors (Lipinski definition) is 4. The second-order valence-electron chi connectivity index (χ2n) is 6.63. The molecule has 0 aliphatic rings. The highest BCUT2D eigenvalue weighted by molar-refractivity contribution is 5.94. The smallest absolute Gasteiger partial charge is 0.254 e. The maximum atomic E-state index is 12.9. The number of benzene rings is 2. The van der Waals surface area contributed by atoms with Crippen LogP contribution in [-0.2, 0) is 6.54 Å². The zero-order chi connectivity index (χ0) is 20.1. The van der Waals surface area contributed by atoms with Gasteiger partial charge in [0.2, 0.25) is 0 Å². The maximum absolute atomic E-state index is 12.9. The largest absolute Gasteiger partial charge is 0.494 e. The summed E-state index contributed by atoms with van der Waals surface area (Å²) >= 11 is 0. The van der Waals surface area contributed by atoms with E-state index in [4.69, 9.17) is 4.74 Å². The molecule has 0 bridgehead atoms. The molecule has 3 rings (SSSR count). The van der Waals surface area contributed by atoms with Gasteiger partial charge in [0.1, 0.15) is 5.75 Å². The van der Waals surface area contributed by atoms with Gasteiger partial charge in [0, 0.05) is 28.6 Å². The van der Waals surface area contributed by atoms with Gasteiger partial charge in [-0.25, -0.2) is 0 Å². The molecule has 146 valence electrons. The number of aryl methyl sites for hydroxylation is 1. The summed E-state index contributed by atoms with van der Waals surface area (Å²) in [5, 5.41) is 10.2. The SMILES string of the molecule is CCOc1ccc2[nH]c(=O)c(CN(CCO)C(=O)c3cccc(C)c3)cc2c1. The molecule has 0 fully saturated rings. The first-order chi connectivity index (χ1) is 13.5. The number of hydrogen-bond donors (Lipinski definition) is 2. The molecule has 28 heavy (non-hydrogen) atoms. The Balaban J connectivity index is 1.93. The molecule has 0 radical (unpaired) electrons. The summed E-state index contributed by atoms with van der Waals surface area (Å²) in [6.45, 7) is 4.44. The fourth-order valence-electron chi connectivity index (χ4n) is 3.14. The van der Waals surface area contributed by atoms with Gasteiger partial charge >= 0.3 is 0 Å². The normalized spacial score (nSPS) is 10.8. The van der Waals surface area contributed by atoms with Crippen molar-refractivity contribution >= 4 is 16.8 Å². The van der Waals surface area contributed by atoms with E-state index in [1.165, 1.54) is 4.90 Å². The number of pyridine rings is 1. The highest BCUT2D eigenvalue weighted by atomic mass is 16.5. The second kappa shape index (κ2) is 8.71. The van der Waals surface area contributed by atoms with E-state index in [2.05, 4.69) is 4.98 Å². The lowest BCUT2D eigenvalue weighted by Gasteiger charge is -2.22. The predicted octanol–water partition coefficient (Wildman–Crippen LogP) is 2.87. The van der Waals surface area contributed by atoms with Crippen molar-refractivity contribution in [3.63, 3.8) is 0 Å². The number of aliphatic hydroxyl groups excluding tert-OH is 1. The van der Waals surface area contributed by atoms with Gasteiger partial charge in [0.25, 0.3) is 11.5 Å². The van der Waals surface area contributed by atoms with Crippen LogP contribution in [0.5, 0.6) is 5.75 Å². The summed E-state index contributed by atoms with van der Waals surface area (Å²) in [4.78, 5) is 29.7. The predicted molar refractivity (Wildman–Crippen MR) is 109 cm³/mol. The molecule has 0 aliphatic heterocycles. The first-order valence-electron chi connectivity index (χ1n) is 9.27. The van der Waals surface area contributed by atoms with Crippen LogP contribution in [0.25, 0.3) is 10.9 Å². The fourth-order valence-corrected chi connectivity index (χ4v) is 3.14. The summed E-state index contributed by atoms with van der Waals surface area (Å²) in [5.41, 5.74) is 2.41. The Kier molecular flexibility index (Phi) is 6.11. The van der Waals surface area contributed by atoms with Gasteiger partial charge in [-0.05, 0) is 50.2 Å². The third-order valence-electron chi connectivity index (χ3n) is 4.49. The van der Waals surface area contributed by atoms with Crippen molar-refractivity contribution in [3.8, 4) is 5.75 Å². The number of aliphatic hydroxyl groups is 1. The van der Waals surface area contributed by atoms with Crippen LogP contribution in [0.3, 0.4) is 0 Å². The number of amides is 1. The van der Waals surface area contributed by atoms with Crippen molar-refractivity contribution < 1.29 is 14.6 Å². The summed E-state index contributed by atoms with van der Waals surface area (Å²) in [7, 11) is 0. The van der Waals surface area contributed by atoms with Gasteiger partial charge < -0.3 is 19.7 Å². The van der Waals surface area contributed by atoms with Gasteiger partial charge in [-0.15, -0.1) is 0 Å². The molecule has 0 saturated carbocycles. The number of ether oxygens (including phenoxy) is 1. The molecule has 0 aliphatic carbocycles. The Hall–Kier alpha value is -3.12. The molecule has 0 atom stereocenters. The third kappa shape index (κ3) is 4.40. The molecule has 0 spiro atoms. The maximum Gasteiger partial charge on any atom is 0.254 e. The van der Waals surface area contributed by atoms with Crippen LogP contribution in [0.4, 0.5) is 0 Å². The first-order valence-corrected chi connectivity index (χ1v) is 9.27. The summed E-state index contributed by atoms with van der Waals surface area (Å²) < 4.78 is 5.52. The van der Waals surface area contributed by atoms with E-state index in [9.17, 15) is 14.7 Å². The molecule has 2 N–H and O–H groups in total. The minimum atomic E-state index is -0.253. The van der Waals surface area contributed by atoms with E-state index >= 15 is 0 Å². The van der Waals surface area contributed by atoms with Crippen LogP contribution < -0.4 is 10.3 Å². The van der Waals surface area contributed by atoms with Gasteiger partial charge in [-0.3, -0.25) is 9.59 Å². The molecular formula is C22H24N2O4. The van der Waals surface area contributed by atoms with E-state index < -0.39 is 0 Å². The van der Waals surface area contributed by atoms with Crippen molar-refractivity contribution in [1.82, 2.24) is 9.88 Å². The van der Waals surface area contributed by atoms with Gasteiger partial charge in [0.15, 0.2) is 0 Å². The van der Waals surface area contributed by atoms with E-state index in [0.29, 0.717) is 23.3 Å². The molecule has 6 nitrogen and oxygen atoms in total. The number of aromatic nitrogens is 1. The molecule has 3 aromatic rings. The monoisotopic (exact) mass is 380 g/mol. The highest BCUT2D eigenvalue weighted by Gasteiger charge is 2.18. The van der Waals surface area contributed by atoms with E-state index in [1.807, 2.05) is 32.0 Å². The van der Waals surface area contributed by atoms with Gasteiger partial charge in [-0.2, -0.15) is 0 Å². The Morgan fingerprint density at radius 2 is 2.00 bits per heavy atom. The lowest BCUT2D eigenvalue weighted by atomic mass is 10.1. The van der Waals surface area contributed by atoms with Crippen LogP contribution >= 0.6 is 0 Å². The minimum Gasteiger partial charge on any atom is -0.494 e. The topological polar surface area (TPSA) is 82.6 Å². The number of rotatable bonds is 7. The Labute approximate surface area is 163 Å². The number of H-pyrrole nitrogens is 1. The molecule has 0 saturated heterocycles. The number of nitrogens with zero attached hydrogens (tertiary/aromatic N) is 1. The number of aromatic amines is 1. The van der Waals surface area contributed by atoms with Crippen LogP contribution in [0.15, 0.2) is 53.3 Å². The molecule has 0 unspecified atom stereocenters. The van der Waals surface area contributed by atoms with Crippen molar-refractivity contribution in [2.24, 2.45) is 0 Å². The zero-order valence-corrected chi connectivity index (χ0v) is 16.1. The lowest BCUT2D eigenvalue weighted by Crippen LogP contribution is -2.35. The van der Waals surface area contributed by atoms with Crippen LogP contribution in [0, 0.1) is 6.92 Å². The van der Waals surface area contributed by atoms with Crippen LogP contribution in [-0.4, -0.2) is 40.7 Å². The van der Waals surface area contributed by atoms with Crippen molar-refractivity contribution in [2.45, 2.75) is 20.4 Å². The Bertz CT molecular complexity index is 1040. The molecule has 1 aromatic heterocycles. The van der Waals surface area contributed by atoms with Crippen molar-refractivity contribution in [3.05, 3.63) is 75.6 Å². The summed E-state index contributed by atoms with van der Waals surface area (Å²) in [5.74, 6) is 0.497. The molecule has 2 aromatic carbocycles. The minimum absolute atomic E-state index is 0.109. The quantitative estimate of drug-likeness (QED) is 0.660. The Morgan fingerprint density at radius 3 is 2.71 bits per heavy atom. The van der Waals surface area contributed by atoms with E-state index in [0.717, 1.165) is 16.7 Å². The van der Waals surface area contributed by atoms with Gasteiger partial charge in [-0.1, -0.05) is 17.7 Å². The van der Waals surface area contributed by atoms with Crippen LogP contribution in [0.1, 0.15) is 28.4 Å². The highest BCUT2D eigenvalue weighted by Crippen LogP contribution is 2.20. The van der Waals surface area contributed by atoms with E-state index in [1.54, 1.807) is 30.3 Å². The summed E-state index contributed by atoms with van der Waals surface area (Å²) in [6.07, 6.45) is 0. The second-order valence-corrected chi connectivity index (χ2v) is 6.63. The van der Waals surface area contributed by atoms with Crippen molar-refractivity contribution in [2.75, 3.05) is 19.8 Å². The zero-order valence-electron chi connectivity index (χ0n) is 16.1. The Morgan fingerprint density at radius 1 is 1.18 bits per heavy atom. The standard InChI is InChI=1S/C22H24N2O4/c1-3-28-19-7-8-20-17(13-19)12-18(21(26)23-20)14-24(9-10-25)22(27)16-6-4-5-15(2)11-16/h4-8,11-13,25H,3,9-10,14H2,1-2H3,(H,23,26). The van der Waals surface area contributed by atoms with Crippen LogP contribution in [0.2, 0.25) is 0 Å².